The molecule has 2 aromatic rings. The van der Waals surface area contributed by atoms with Crippen LogP contribution in [-0.4, -0.2) is 12.0 Å². The molecule has 0 aliphatic heterocycles. The van der Waals surface area contributed by atoms with Crippen molar-refractivity contribution >= 4 is 11.5 Å². The fraction of sp³-hybridized carbons (Fsp3) is 0.267. The Labute approximate surface area is 108 Å². The molecule has 0 fully saturated rings. The zero-order chi connectivity index (χ0) is 13.1. The first-order chi connectivity index (χ1) is 8.58. The van der Waals surface area contributed by atoms with E-state index in [1.165, 1.54) is 5.56 Å². The summed E-state index contributed by atoms with van der Waals surface area (Å²) in [5, 5.41) is 0. The van der Waals surface area contributed by atoms with E-state index in [9.17, 15) is 0 Å². The van der Waals surface area contributed by atoms with Crippen molar-refractivity contribution in [1.29, 1.82) is 0 Å². The highest BCUT2D eigenvalue weighted by atomic mass is 15.2. The number of aryl methyl sites for hydroxylation is 1. The third-order valence-corrected chi connectivity index (χ3v) is 3.21. The number of nitrogen functional groups attached to an aromatic ring is 1. The number of hydrogen-bond acceptors (Lipinski definition) is 3. The summed E-state index contributed by atoms with van der Waals surface area (Å²) in [5.74, 6) is 0.977. The molecule has 3 nitrogen and oxygen atoms in total. The smallest absolute Gasteiger partial charge is 0.129 e. The Balaban J connectivity index is 2.26. The van der Waals surface area contributed by atoms with E-state index >= 15 is 0 Å². The van der Waals surface area contributed by atoms with Crippen molar-refractivity contribution in [2.75, 3.05) is 17.7 Å². The Hall–Kier alpha value is -2.03. The lowest BCUT2D eigenvalue weighted by atomic mass is 10.1. The third-order valence-electron chi connectivity index (χ3n) is 3.21. The third kappa shape index (κ3) is 2.62. The van der Waals surface area contributed by atoms with E-state index < -0.39 is 0 Å². The van der Waals surface area contributed by atoms with Gasteiger partial charge in [-0.15, -0.1) is 0 Å². The molecule has 0 radical (unpaired) electrons. The molecule has 0 aliphatic carbocycles. The summed E-state index contributed by atoms with van der Waals surface area (Å²) in [7, 11) is 2.05. The molecule has 94 valence electrons. The van der Waals surface area contributed by atoms with Gasteiger partial charge in [-0.3, -0.25) is 0 Å². The number of rotatable bonds is 3. The summed E-state index contributed by atoms with van der Waals surface area (Å²) in [6, 6.07) is 14.3. The molecule has 3 heteroatoms. The minimum absolute atomic E-state index is 0.239. The summed E-state index contributed by atoms with van der Waals surface area (Å²) in [4.78, 5) is 6.69. The van der Waals surface area contributed by atoms with Gasteiger partial charge >= 0.3 is 0 Å². The van der Waals surface area contributed by atoms with Gasteiger partial charge in [-0.25, -0.2) is 4.98 Å². The maximum absolute atomic E-state index is 5.83. The topological polar surface area (TPSA) is 42.1 Å². The Bertz CT molecular complexity index is 487. The lowest BCUT2D eigenvalue weighted by Crippen LogP contribution is -2.22. The van der Waals surface area contributed by atoms with E-state index in [4.69, 9.17) is 5.73 Å². The van der Waals surface area contributed by atoms with Crippen LogP contribution >= 0.6 is 0 Å². The molecule has 0 spiro atoms. The maximum Gasteiger partial charge on any atom is 0.129 e. The molecule has 1 aromatic carbocycles. The van der Waals surface area contributed by atoms with Crippen LogP contribution in [0, 0.1) is 6.92 Å². The number of hydrogen-bond donors (Lipinski definition) is 1. The number of aromatic nitrogens is 1. The summed E-state index contributed by atoms with van der Waals surface area (Å²) in [5.41, 5.74) is 8.84. The Kier molecular flexibility index (Phi) is 3.51. The summed E-state index contributed by atoms with van der Waals surface area (Å²) >= 11 is 0. The maximum atomic E-state index is 5.83. The molecule has 1 atom stereocenters. The molecule has 2 N–H and O–H groups in total. The molecular weight excluding hydrogens is 222 g/mol. The Morgan fingerprint density at radius 1 is 1.17 bits per heavy atom. The van der Waals surface area contributed by atoms with Crippen LogP contribution in [0.3, 0.4) is 0 Å². The first-order valence-corrected chi connectivity index (χ1v) is 6.10. The normalized spacial score (nSPS) is 12.2. The average molecular weight is 241 g/mol. The van der Waals surface area contributed by atoms with Gasteiger partial charge in [-0.1, -0.05) is 18.2 Å². The van der Waals surface area contributed by atoms with Crippen LogP contribution < -0.4 is 10.6 Å². The van der Waals surface area contributed by atoms with Crippen molar-refractivity contribution < 1.29 is 0 Å². The van der Waals surface area contributed by atoms with Crippen molar-refractivity contribution in [3.8, 4) is 0 Å². The van der Waals surface area contributed by atoms with Gasteiger partial charge in [0.05, 0.1) is 6.04 Å². The molecule has 0 amide bonds. The molecule has 2 rings (SSSR count). The summed E-state index contributed by atoms with van der Waals surface area (Å²) < 4.78 is 0. The van der Waals surface area contributed by atoms with Gasteiger partial charge in [-0.05, 0) is 43.7 Å². The van der Waals surface area contributed by atoms with Crippen LogP contribution in [-0.2, 0) is 0 Å². The summed E-state index contributed by atoms with van der Waals surface area (Å²) in [6.07, 6.45) is 0. The van der Waals surface area contributed by atoms with Gasteiger partial charge in [0.1, 0.15) is 5.82 Å². The monoisotopic (exact) mass is 241 g/mol. The highest BCUT2D eigenvalue weighted by Gasteiger charge is 2.13. The molecule has 1 unspecified atom stereocenters. The van der Waals surface area contributed by atoms with Gasteiger partial charge in [0, 0.05) is 18.4 Å². The number of nitrogens with two attached hydrogens (primary N) is 1. The fourth-order valence-corrected chi connectivity index (χ4v) is 1.97. The Morgan fingerprint density at radius 2 is 1.89 bits per heavy atom. The molecular formula is C15H19N3. The second kappa shape index (κ2) is 5.08. The number of anilines is 2. The molecule has 18 heavy (non-hydrogen) atoms. The van der Waals surface area contributed by atoms with Gasteiger partial charge in [0.25, 0.3) is 0 Å². The van der Waals surface area contributed by atoms with Gasteiger partial charge in [0.15, 0.2) is 0 Å². The van der Waals surface area contributed by atoms with Gasteiger partial charge in [-0.2, -0.15) is 0 Å². The number of nitrogens with zero attached hydrogens (tertiary/aromatic N) is 2. The predicted molar refractivity (Wildman–Crippen MR) is 76.6 cm³/mol. The zero-order valence-electron chi connectivity index (χ0n) is 11.1. The highest BCUT2D eigenvalue weighted by Crippen LogP contribution is 2.24. The molecule has 0 bridgehead atoms. The van der Waals surface area contributed by atoms with Gasteiger partial charge in [0.2, 0.25) is 0 Å². The second-order valence-electron chi connectivity index (χ2n) is 4.59. The van der Waals surface area contributed by atoms with Crippen LogP contribution in [0.2, 0.25) is 0 Å². The van der Waals surface area contributed by atoms with Crippen LogP contribution in [0.1, 0.15) is 24.2 Å². The Morgan fingerprint density at radius 3 is 2.56 bits per heavy atom. The molecule has 0 saturated carbocycles. The van der Waals surface area contributed by atoms with Crippen molar-refractivity contribution in [1.82, 2.24) is 4.98 Å². The molecule has 0 aliphatic rings. The number of pyridine rings is 1. The van der Waals surface area contributed by atoms with Crippen LogP contribution in [0.4, 0.5) is 11.5 Å². The van der Waals surface area contributed by atoms with E-state index in [0.29, 0.717) is 0 Å². The van der Waals surface area contributed by atoms with Crippen LogP contribution in [0.25, 0.3) is 0 Å². The standard InChI is InChI=1S/C15H19N3/c1-11-6-4-9-15(17-11)18(3)12(2)13-7-5-8-14(16)10-13/h4-10,12H,16H2,1-3H3. The predicted octanol–water partition coefficient (Wildman–Crippen LogP) is 3.17. The lowest BCUT2D eigenvalue weighted by molar-refractivity contribution is 0.728. The van der Waals surface area contributed by atoms with E-state index in [2.05, 4.69) is 29.9 Å². The molecule has 0 saturated heterocycles. The van der Waals surface area contributed by atoms with E-state index in [0.717, 1.165) is 17.2 Å². The number of benzene rings is 1. The summed E-state index contributed by atoms with van der Waals surface area (Å²) in [6.45, 7) is 4.15. The van der Waals surface area contributed by atoms with Crippen molar-refractivity contribution in [2.24, 2.45) is 0 Å². The van der Waals surface area contributed by atoms with E-state index in [-0.39, 0.29) is 6.04 Å². The second-order valence-corrected chi connectivity index (χ2v) is 4.59. The SMILES string of the molecule is Cc1cccc(N(C)C(C)c2cccc(N)c2)n1. The first-order valence-electron chi connectivity index (χ1n) is 6.10. The average Bonchev–Trinajstić information content (AvgIpc) is 2.37. The van der Waals surface area contributed by atoms with Crippen LogP contribution in [0.15, 0.2) is 42.5 Å². The largest absolute Gasteiger partial charge is 0.399 e. The van der Waals surface area contributed by atoms with Gasteiger partial charge < -0.3 is 10.6 Å². The van der Waals surface area contributed by atoms with Crippen LogP contribution in [0.5, 0.6) is 0 Å². The highest BCUT2D eigenvalue weighted by molar-refractivity contribution is 5.46. The molecule has 1 aromatic heterocycles. The van der Waals surface area contributed by atoms with E-state index in [1.807, 2.05) is 43.3 Å². The van der Waals surface area contributed by atoms with Crippen molar-refractivity contribution in [3.63, 3.8) is 0 Å². The zero-order valence-corrected chi connectivity index (χ0v) is 11.1. The minimum atomic E-state index is 0.239. The first kappa shape index (κ1) is 12.4. The van der Waals surface area contributed by atoms with Crippen molar-refractivity contribution in [2.45, 2.75) is 19.9 Å². The lowest BCUT2D eigenvalue weighted by Gasteiger charge is -2.26. The molecule has 1 heterocycles. The quantitative estimate of drug-likeness (QED) is 0.839. The van der Waals surface area contributed by atoms with E-state index in [1.54, 1.807) is 0 Å². The van der Waals surface area contributed by atoms with Crippen molar-refractivity contribution in [3.05, 3.63) is 53.7 Å². The minimum Gasteiger partial charge on any atom is -0.399 e. The fourth-order valence-electron chi connectivity index (χ4n) is 1.97.